The molecule has 2 heterocycles. The molecular formula is C19H15N3O5S. The van der Waals surface area contributed by atoms with E-state index in [0.717, 1.165) is 0 Å². The fourth-order valence-corrected chi connectivity index (χ4v) is 4.10. The van der Waals surface area contributed by atoms with Crippen LogP contribution in [-0.2, 0) is 16.4 Å². The third-order valence-electron chi connectivity index (χ3n) is 4.30. The second-order valence-electron chi connectivity index (χ2n) is 6.01. The molecule has 0 radical (unpaired) electrons. The van der Waals surface area contributed by atoms with Crippen LogP contribution in [-0.4, -0.2) is 30.5 Å². The predicted molar refractivity (Wildman–Crippen MR) is 100 cm³/mol. The minimum Gasteiger partial charge on any atom is -0.497 e. The van der Waals surface area contributed by atoms with Crippen LogP contribution >= 0.6 is 0 Å². The Bertz CT molecular complexity index is 1290. The van der Waals surface area contributed by atoms with Crippen LogP contribution in [0.3, 0.4) is 0 Å². The highest BCUT2D eigenvalue weighted by Gasteiger charge is 2.19. The summed E-state index contributed by atoms with van der Waals surface area (Å²) in [5.41, 5.74) is -0.345. The van der Waals surface area contributed by atoms with E-state index < -0.39 is 9.84 Å². The Morgan fingerprint density at radius 3 is 2.50 bits per heavy atom. The molecule has 0 bridgehead atoms. The summed E-state index contributed by atoms with van der Waals surface area (Å²) < 4.78 is 37.0. The molecule has 0 saturated heterocycles. The smallest absolute Gasteiger partial charge is 0.275 e. The molecule has 2 aromatic heterocycles. The van der Waals surface area contributed by atoms with Gasteiger partial charge >= 0.3 is 0 Å². The fourth-order valence-electron chi connectivity index (χ4n) is 2.81. The molecule has 8 nitrogen and oxygen atoms in total. The van der Waals surface area contributed by atoms with Crippen molar-refractivity contribution >= 4 is 20.6 Å². The van der Waals surface area contributed by atoms with E-state index in [1.807, 2.05) is 0 Å². The Labute approximate surface area is 159 Å². The van der Waals surface area contributed by atoms with Crippen LogP contribution in [0.1, 0.15) is 5.76 Å². The molecule has 0 aliphatic heterocycles. The fraction of sp³-hybridized carbons (Fsp3) is 0.105. The van der Waals surface area contributed by atoms with Gasteiger partial charge in [-0.15, -0.1) is 0 Å². The van der Waals surface area contributed by atoms with Gasteiger partial charge in [0, 0.05) is 11.5 Å². The van der Waals surface area contributed by atoms with Gasteiger partial charge in [-0.05, 0) is 42.5 Å². The van der Waals surface area contributed by atoms with E-state index in [1.54, 1.807) is 18.2 Å². The first-order valence-electron chi connectivity index (χ1n) is 8.27. The minimum atomic E-state index is -3.73. The van der Waals surface area contributed by atoms with Gasteiger partial charge in [0.2, 0.25) is 9.84 Å². The number of hydrogen-bond donors (Lipinski definition) is 0. The molecule has 0 saturated carbocycles. The summed E-state index contributed by atoms with van der Waals surface area (Å²) in [4.78, 5) is 12.9. The number of methoxy groups -OCH3 is 1. The highest BCUT2D eigenvalue weighted by atomic mass is 32.2. The number of benzene rings is 2. The Hall–Kier alpha value is -3.46. The zero-order chi connectivity index (χ0) is 19.7. The zero-order valence-electron chi connectivity index (χ0n) is 14.8. The Balaban J connectivity index is 1.74. The summed E-state index contributed by atoms with van der Waals surface area (Å²) in [5.74, 6) is 1.06. The standard InChI is InChI=1S/C19H15N3O5S/c1-26-14-2-4-16(5-3-14)28(24,25)17-6-7-18-13(10-17)11-20-22(19(18)23)12-15-8-9-21-27-15/h2-11H,12H2,1H3. The zero-order valence-corrected chi connectivity index (χ0v) is 15.6. The summed E-state index contributed by atoms with van der Waals surface area (Å²) in [7, 11) is -2.23. The molecule has 142 valence electrons. The first-order valence-corrected chi connectivity index (χ1v) is 9.76. The van der Waals surface area contributed by atoms with Crippen LogP contribution < -0.4 is 10.3 Å². The number of hydrogen-bond acceptors (Lipinski definition) is 7. The minimum absolute atomic E-state index is 0.0827. The maximum atomic E-state index is 12.9. The molecule has 0 aliphatic rings. The van der Waals surface area contributed by atoms with Gasteiger partial charge in [0.15, 0.2) is 5.76 Å². The largest absolute Gasteiger partial charge is 0.497 e. The van der Waals surface area contributed by atoms with E-state index in [4.69, 9.17) is 9.26 Å². The van der Waals surface area contributed by atoms with Crippen molar-refractivity contribution in [2.45, 2.75) is 16.3 Å². The van der Waals surface area contributed by atoms with Crippen molar-refractivity contribution in [1.29, 1.82) is 0 Å². The third kappa shape index (κ3) is 3.16. The van der Waals surface area contributed by atoms with Gasteiger partial charge in [-0.2, -0.15) is 5.10 Å². The number of sulfone groups is 1. The molecule has 28 heavy (non-hydrogen) atoms. The summed E-state index contributed by atoms with van der Waals surface area (Å²) in [6, 6.07) is 12.1. The molecule has 4 rings (SSSR count). The van der Waals surface area contributed by atoms with E-state index >= 15 is 0 Å². The molecule has 0 fully saturated rings. The lowest BCUT2D eigenvalue weighted by Crippen LogP contribution is -2.23. The second kappa shape index (κ2) is 6.93. The maximum Gasteiger partial charge on any atom is 0.275 e. The first kappa shape index (κ1) is 17.9. The lowest BCUT2D eigenvalue weighted by atomic mass is 10.2. The Morgan fingerprint density at radius 2 is 1.82 bits per heavy atom. The van der Waals surface area contributed by atoms with Crippen molar-refractivity contribution in [3.63, 3.8) is 0 Å². The van der Waals surface area contributed by atoms with Crippen LogP contribution in [0.2, 0.25) is 0 Å². The van der Waals surface area contributed by atoms with Crippen molar-refractivity contribution in [2.75, 3.05) is 7.11 Å². The van der Waals surface area contributed by atoms with Gasteiger partial charge in [-0.1, -0.05) is 5.16 Å². The van der Waals surface area contributed by atoms with Crippen molar-refractivity contribution < 1.29 is 17.7 Å². The van der Waals surface area contributed by atoms with Gasteiger partial charge in [-0.25, -0.2) is 13.1 Å². The van der Waals surface area contributed by atoms with E-state index in [1.165, 1.54) is 54.5 Å². The van der Waals surface area contributed by atoms with Crippen molar-refractivity contribution in [3.8, 4) is 5.75 Å². The number of fused-ring (bicyclic) bond motifs is 1. The van der Waals surface area contributed by atoms with Gasteiger partial charge in [0.05, 0.1) is 34.7 Å². The van der Waals surface area contributed by atoms with E-state index in [2.05, 4.69) is 10.3 Å². The number of nitrogens with zero attached hydrogens (tertiary/aromatic N) is 3. The average molecular weight is 397 g/mol. The molecule has 0 N–H and O–H groups in total. The Kier molecular flexibility index (Phi) is 4.44. The summed E-state index contributed by atoms with van der Waals surface area (Å²) in [6.07, 6.45) is 2.94. The van der Waals surface area contributed by atoms with Crippen molar-refractivity contribution in [2.24, 2.45) is 0 Å². The van der Waals surface area contributed by atoms with Gasteiger partial charge < -0.3 is 9.26 Å². The average Bonchev–Trinajstić information content (AvgIpc) is 3.23. The third-order valence-corrected chi connectivity index (χ3v) is 6.07. The number of ether oxygens (including phenoxy) is 1. The van der Waals surface area contributed by atoms with E-state index in [9.17, 15) is 13.2 Å². The van der Waals surface area contributed by atoms with Crippen molar-refractivity contribution in [1.82, 2.24) is 14.9 Å². The van der Waals surface area contributed by atoms with Crippen LogP contribution in [0.25, 0.3) is 10.8 Å². The molecule has 0 aliphatic carbocycles. The SMILES string of the molecule is COc1ccc(S(=O)(=O)c2ccc3c(=O)n(Cc4ccno4)ncc3c2)cc1. The van der Waals surface area contributed by atoms with Crippen LogP contribution in [0.5, 0.6) is 5.75 Å². The maximum absolute atomic E-state index is 12.9. The summed E-state index contributed by atoms with van der Waals surface area (Å²) in [5, 5.41) is 8.50. The molecule has 9 heteroatoms. The number of rotatable bonds is 5. The molecular weight excluding hydrogens is 382 g/mol. The molecule has 2 aromatic carbocycles. The summed E-state index contributed by atoms with van der Waals surface area (Å²) in [6.45, 7) is 0.140. The number of aromatic nitrogens is 3. The van der Waals surface area contributed by atoms with Crippen LogP contribution in [0, 0.1) is 0 Å². The molecule has 0 unspecified atom stereocenters. The molecule has 0 atom stereocenters. The molecule has 0 spiro atoms. The van der Waals surface area contributed by atoms with E-state index in [0.29, 0.717) is 22.3 Å². The lowest BCUT2D eigenvalue weighted by molar-refractivity contribution is 0.369. The van der Waals surface area contributed by atoms with Gasteiger partial charge in [0.1, 0.15) is 12.3 Å². The van der Waals surface area contributed by atoms with Crippen LogP contribution in [0.4, 0.5) is 0 Å². The topological polar surface area (TPSA) is 104 Å². The van der Waals surface area contributed by atoms with Gasteiger partial charge in [-0.3, -0.25) is 4.79 Å². The molecule has 0 amide bonds. The summed E-state index contributed by atoms with van der Waals surface area (Å²) >= 11 is 0. The second-order valence-corrected chi connectivity index (χ2v) is 7.96. The Morgan fingerprint density at radius 1 is 1.07 bits per heavy atom. The monoisotopic (exact) mass is 397 g/mol. The van der Waals surface area contributed by atoms with Crippen molar-refractivity contribution in [3.05, 3.63) is 77.0 Å². The van der Waals surface area contributed by atoms with Gasteiger partial charge in [0.25, 0.3) is 5.56 Å². The molecule has 4 aromatic rings. The quantitative estimate of drug-likeness (QED) is 0.509. The van der Waals surface area contributed by atoms with Crippen LogP contribution in [0.15, 0.2) is 80.0 Å². The lowest BCUT2D eigenvalue weighted by Gasteiger charge is -2.08. The normalized spacial score (nSPS) is 11.6. The van der Waals surface area contributed by atoms with E-state index in [-0.39, 0.29) is 21.9 Å². The predicted octanol–water partition coefficient (Wildman–Crippen LogP) is 2.27. The highest BCUT2D eigenvalue weighted by molar-refractivity contribution is 7.91. The highest BCUT2D eigenvalue weighted by Crippen LogP contribution is 2.25. The first-order chi connectivity index (χ1) is 13.5.